The van der Waals surface area contributed by atoms with E-state index in [2.05, 4.69) is 12.2 Å². The first kappa shape index (κ1) is 18.9. The minimum Gasteiger partial charge on any atom is -0.467 e. The van der Waals surface area contributed by atoms with Crippen LogP contribution in [0.25, 0.3) is 0 Å². The zero-order valence-electron chi connectivity index (χ0n) is 13.1. The Morgan fingerprint density at radius 3 is 2.35 bits per heavy atom. The van der Waals surface area contributed by atoms with E-state index in [-0.39, 0.29) is 5.92 Å². The van der Waals surface area contributed by atoms with Crippen molar-refractivity contribution < 1.29 is 19.4 Å². The lowest BCUT2D eigenvalue weighted by atomic mass is 10.0. The van der Waals surface area contributed by atoms with E-state index < -0.39 is 24.0 Å². The zero-order chi connectivity index (χ0) is 15.5. The molecule has 0 unspecified atom stereocenters. The minimum atomic E-state index is -1.07. The Bertz CT molecular complexity index is 292. The second kappa shape index (κ2) is 10.7. The van der Waals surface area contributed by atoms with Gasteiger partial charge in [-0.1, -0.05) is 46.5 Å². The summed E-state index contributed by atoms with van der Waals surface area (Å²) in [5, 5.41) is 12.3. The van der Waals surface area contributed by atoms with Crippen molar-refractivity contribution in [1.29, 1.82) is 0 Å². The number of unbranched alkanes of at least 4 members (excludes halogenated alkanes) is 3. The molecule has 0 saturated carbocycles. The monoisotopic (exact) mass is 287 g/mol. The predicted molar refractivity (Wildman–Crippen MR) is 78.2 cm³/mol. The molecule has 118 valence electrons. The van der Waals surface area contributed by atoms with Gasteiger partial charge < -0.3 is 15.2 Å². The van der Waals surface area contributed by atoms with Crippen molar-refractivity contribution >= 4 is 11.9 Å². The van der Waals surface area contributed by atoms with Gasteiger partial charge in [0.15, 0.2) is 0 Å². The highest BCUT2D eigenvalue weighted by Crippen LogP contribution is 2.09. The molecule has 0 aliphatic carbocycles. The fourth-order valence-electron chi connectivity index (χ4n) is 1.99. The van der Waals surface area contributed by atoms with Crippen LogP contribution in [-0.4, -0.2) is 36.2 Å². The van der Waals surface area contributed by atoms with E-state index in [1.54, 1.807) is 0 Å². The Morgan fingerprint density at radius 2 is 1.85 bits per heavy atom. The molecule has 0 heterocycles. The molecular formula is C15H29NO4. The number of rotatable bonds is 10. The molecule has 0 radical (unpaired) electrons. The maximum atomic E-state index is 11.8. The average Bonchev–Trinajstić information content (AvgIpc) is 2.40. The van der Waals surface area contributed by atoms with Crippen molar-refractivity contribution in [3.63, 3.8) is 0 Å². The number of aliphatic hydroxyl groups is 1. The van der Waals surface area contributed by atoms with Crippen molar-refractivity contribution in [2.24, 2.45) is 5.92 Å². The molecule has 0 aromatic rings. The molecule has 0 aromatic heterocycles. The third-order valence-electron chi connectivity index (χ3n) is 3.15. The number of aliphatic hydroxyl groups excluding tert-OH is 1. The normalized spacial score (nSPS) is 13.9. The quantitative estimate of drug-likeness (QED) is 0.476. The van der Waals surface area contributed by atoms with E-state index in [0.717, 1.165) is 25.7 Å². The van der Waals surface area contributed by atoms with Crippen LogP contribution in [0, 0.1) is 5.92 Å². The van der Waals surface area contributed by atoms with E-state index >= 15 is 0 Å². The summed E-state index contributed by atoms with van der Waals surface area (Å²) < 4.78 is 4.70. The number of nitrogens with one attached hydrogen (secondary N) is 1. The van der Waals surface area contributed by atoms with Gasteiger partial charge in [-0.2, -0.15) is 0 Å². The summed E-state index contributed by atoms with van der Waals surface area (Å²) in [4.78, 5) is 23.5. The first-order valence-corrected chi connectivity index (χ1v) is 7.48. The maximum Gasteiger partial charge on any atom is 0.328 e. The van der Waals surface area contributed by atoms with Gasteiger partial charge in [-0.15, -0.1) is 0 Å². The van der Waals surface area contributed by atoms with E-state index in [1.165, 1.54) is 7.11 Å². The molecule has 0 aromatic carbocycles. The lowest BCUT2D eigenvalue weighted by Gasteiger charge is -2.19. The SMILES string of the molecule is CCCCCC[C@H](NC(=O)[C@H](O)CC(C)C)C(=O)OC. The minimum absolute atomic E-state index is 0.219. The molecule has 0 aliphatic heterocycles. The summed E-state index contributed by atoms with van der Waals surface area (Å²) in [5.41, 5.74) is 0. The van der Waals surface area contributed by atoms with Crippen LogP contribution < -0.4 is 5.32 Å². The maximum absolute atomic E-state index is 11.8. The first-order valence-electron chi connectivity index (χ1n) is 7.48. The van der Waals surface area contributed by atoms with Crippen LogP contribution >= 0.6 is 0 Å². The molecule has 0 saturated heterocycles. The number of methoxy groups -OCH3 is 1. The molecule has 0 fully saturated rings. The van der Waals surface area contributed by atoms with Gasteiger partial charge in [-0.3, -0.25) is 4.79 Å². The molecule has 0 aliphatic rings. The zero-order valence-corrected chi connectivity index (χ0v) is 13.1. The molecule has 1 amide bonds. The number of esters is 1. The Morgan fingerprint density at radius 1 is 1.20 bits per heavy atom. The third-order valence-corrected chi connectivity index (χ3v) is 3.15. The molecule has 5 heteroatoms. The van der Waals surface area contributed by atoms with Crippen LogP contribution in [0.3, 0.4) is 0 Å². The molecular weight excluding hydrogens is 258 g/mol. The standard InChI is InChI=1S/C15H29NO4/c1-5-6-7-8-9-12(15(19)20-4)16-14(18)13(17)10-11(2)3/h11-13,17H,5-10H2,1-4H3,(H,16,18)/t12-,13+/m0/s1. The summed E-state index contributed by atoms with van der Waals surface area (Å²) in [6.45, 7) is 5.97. The smallest absolute Gasteiger partial charge is 0.328 e. The van der Waals surface area contributed by atoms with E-state index in [9.17, 15) is 14.7 Å². The summed E-state index contributed by atoms with van der Waals surface area (Å²) in [6, 6.07) is -0.661. The van der Waals surface area contributed by atoms with Crippen LogP contribution in [-0.2, 0) is 14.3 Å². The molecule has 2 atom stereocenters. The van der Waals surface area contributed by atoms with Gasteiger partial charge in [0, 0.05) is 0 Å². The molecule has 0 rings (SSSR count). The van der Waals surface area contributed by atoms with Crippen LogP contribution in [0.15, 0.2) is 0 Å². The lowest BCUT2D eigenvalue weighted by Crippen LogP contribution is -2.46. The number of amides is 1. The Hall–Kier alpha value is -1.10. The lowest BCUT2D eigenvalue weighted by molar-refractivity contribution is -0.146. The predicted octanol–water partition coefficient (Wildman–Crippen LogP) is 2.02. The van der Waals surface area contributed by atoms with Crippen LogP contribution in [0.4, 0.5) is 0 Å². The van der Waals surface area contributed by atoms with E-state index in [0.29, 0.717) is 12.8 Å². The highest BCUT2D eigenvalue weighted by molar-refractivity contribution is 5.86. The topological polar surface area (TPSA) is 75.6 Å². The van der Waals surface area contributed by atoms with Gasteiger partial charge in [0.2, 0.25) is 5.91 Å². The van der Waals surface area contributed by atoms with Crippen molar-refractivity contribution in [3.05, 3.63) is 0 Å². The third kappa shape index (κ3) is 8.15. The van der Waals surface area contributed by atoms with Gasteiger partial charge in [0.1, 0.15) is 12.1 Å². The number of ether oxygens (including phenoxy) is 1. The highest BCUT2D eigenvalue weighted by atomic mass is 16.5. The fraction of sp³-hybridized carbons (Fsp3) is 0.867. The average molecular weight is 287 g/mol. The number of hydrogen-bond acceptors (Lipinski definition) is 4. The fourth-order valence-corrected chi connectivity index (χ4v) is 1.99. The van der Waals surface area contributed by atoms with Gasteiger partial charge in [-0.25, -0.2) is 4.79 Å². The van der Waals surface area contributed by atoms with Gasteiger partial charge >= 0.3 is 5.97 Å². The van der Waals surface area contributed by atoms with Gasteiger partial charge in [0.25, 0.3) is 0 Å². The van der Waals surface area contributed by atoms with Crippen LogP contribution in [0.2, 0.25) is 0 Å². The Labute approximate surface area is 122 Å². The van der Waals surface area contributed by atoms with E-state index in [1.807, 2.05) is 13.8 Å². The van der Waals surface area contributed by atoms with Crippen LogP contribution in [0.5, 0.6) is 0 Å². The van der Waals surface area contributed by atoms with Crippen LogP contribution in [0.1, 0.15) is 59.3 Å². The van der Waals surface area contributed by atoms with Crippen molar-refractivity contribution in [3.8, 4) is 0 Å². The van der Waals surface area contributed by atoms with Crippen molar-refractivity contribution in [1.82, 2.24) is 5.32 Å². The number of hydrogen-bond donors (Lipinski definition) is 2. The second-order valence-corrected chi connectivity index (χ2v) is 5.58. The summed E-state index contributed by atoms with van der Waals surface area (Å²) >= 11 is 0. The Balaban J connectivity index is 4.33. The summed E-state index contributed by atoms with van der Waals surface area (Å²) in [6.07, 6.45) is 3.96. The van der Waals surface area contributed by atoms with Gasteiger partial charge in [0.05, 0.1) is 7.11 Å². The highest BCUT2D eigenvalue weighted by Gasteiger charge is 2.24. The molecule has 0 spiro atoms. The summed E-state index contributed by atoms with van der Waals surface area (Å²) in [7, 11) is 1.30. The Kier molecular flexibility index (Phi) is 10.1. The van der Waals surface area contributed by atoms with E-state index in [4.69, 9.17) is 4.74 Å². The number of carbonyl (C=O) groups is 2. The summed E-state index contributed by atoms with van der Waals surface area (Å²) in [5.74, 6) is -0.729. The molecule has 2 N–H and O–H groups in total. The van der Waals surface area contributed by atoms with Crippen molar-refractivity contribution in [2.45, 2.75) is 71.4 Å². The van der Waals surface area contributed by atoms with Crippen molar-refractivity contribution in [2.75, 3.05) is 7.11 Å². The number of carbonyl (C=O) groups excluding carboxylic acids is 2. The second-order valence-electron chi connectivity index (χ2n) is 5.58. The first-order chi connectivity index (χ1) is 9.42. The molecule has 0 bridgehead atoms. The van der Waals surface area contributed by atoms with Gasteiger partial charge in [-0.05, 0) is 18.8 Å². The largest absolute Gasteiger partial charge is 0.467 e. The molecule has 20 heavy (non-hydrogen) atoms. The molecule has 5 nitrogen and oxygen atoms in total.